The summed E-state index contributed by atoms with van der Waals surface area (Å²) in [6, 6.07) is 7.85. The standard InChI is InChI=1S/C18H17Cl2N3O2/c1-11-6-7-21-16(9-11)22-17(24)15-3-2-8-23(15)18(25)12-4-5-13(19)14(20)10-12/h4-7,9-10,15H,2-3,8H2,1H3,(H,21,22,24). The summed E-state index contributed by atoms with van der Waals surface area (Å²) >= 11 is 11.9. The maximum atomic E-state index is 12.8. The van der Waals surface area contributed by atoms with Crippen molar-refractivity contribution in [3.8, 4) is 0 Å². The molecule has 25 heavy (non-hydrogen) atoms. The van der Waals surface area contributed by atoms with E-state index in [-0.39, 0.29) is 11.8 Å². The molecule has 2 aromatic rings. The molecule has 1 fully saturated rings. The highest BCUT2D eigenvalue weighted by Gasteiger charge is 2.34. The largest absolute Gasteiger partial charge is 0.327 e. The van der Waals surface area contributed by atoms with Crippen LogP contribution in [0.25, 0.3) is 0 Å². The van der Waals surface area contributed by atoms with Crippen molar-refractivity contribution in [1.82, 2.24) is 9.88 Å². The number of hydrogen-bond donors (Lipinski definition) is 1. The second-order valence-corrected chi connectivity index (χ2v) is 6.81. The predicted octanol–water partition coefficient (Wildman–Crippen LogP) is 3.94. The Kier molecular flexibility index (Phi) is 5.25. The Morgan fingerprint density at radius 2 is 2.00 bits per heavy atom. The molecular weight excluding hydrogens is 361 g/mol. The molecule has 1 aliphatic rings. The van der Waals surface area contributed by atoms with Crippen LogP contribution in [-0.4, -0.2) is 34.3 Å². The zero-order valence-electron chi connectivity index (χ0n) is 13.6. The van der Waals surface area contributed by atoms with Crippen molar-refractivity contribution in [1.29, 1.82) is 0 Å². The van der Waals surface area contributed by atoms with Gasteiger partial charge in [-0.15, -0.1) is 0 Å². The Morgan fingerprint density at radius 1 is 1.20 bits per heavy atom. The Balaban J connectivity index is 1.76. The number of aryl methyl sites for hydroxylation is 1. The van der Waals surface area contributed by atoms with Crippen LogP contribution in [0, 0.1) is 6.92 Å². The molecule has 2 amide bonds. The molecule has 130 valence electrons. The van der Waals surface area contributed by atoms with Gasteiger partial charge in [-0.2, -0.15) is 0 Å². The summed E-state index contributed by atoms with van der Waals surface area (Å²) in [7, 11) is 0. The summed E-state index contributed by atoms with van der Waals surface area (Å²) in [6.45, 7) is 2.45. The molecule has 7 heteroatoms. The van der Waals surface area contributed by atoms with Crippen LogP contribution in [0.4, 0.5) is 5.82 Å². The molecular formula is C18H17Cl2N3O2. The number of carbonyl (C=O) groups excluding carboxylic acids is 2. The molecule has 0 aliphatic carbocycles. The van der Waals surface area contributed by atoms with Crippen LogP contribution < -0.4 is 5.32 Å². The van der Waals surface area contributed by atoms with Crippen molar-refractivity contribution in [3.63, 3.8) is 0 Å². The van der Waals surface area contributed by atoms with Crippen molar-refractivity contribution >= 4 is 40.8 Å². The van der Waals surface area contributed by atoms with Gasteiger partial charge in [0.1, 0.15) is 11.9 Å². The van der Waals surface area contributed by atoms with Gasteiger partial charge in [0, 0.05) is 18.3 Å². The third-order valence-electron chi connectivity index (χ3n) is 4.15. The Hall–Kier alpha value is -2.11. The minimum absolute atomic E-state index is 0.228. The minimum Gasteiger partial charge on any atom is -0.327 e. The highest BCUT2D eigenvalue weighted by atomic mass is 35.5. The van der Waals surface area contributed by atoms with Gasteiger partial charge in [-0.05, 0) is 55.7 Å². The van der Waals surface area contributed by atoms with E-state index in [0.29, 0.717) is 34.4 Å². The van der Waals surface area contributed by atoms with E-state index in [0.717, 1.165) is 12.0 Å². The number of anilines is 1. The Labute approximate surface area is 155 Å². The molecule has 2 heterocycles. The fraction of sp³-hybridized carbons (Fsp3) is 0.278. The van der Waals surface area contributed by atoms with Gasteiger partial charge in [0.05, 0.1) is 10.0 Å². The summed E-state index contributed by atoms with van der Waals surface area (Å²) in [4.78, 5) is 31.1. The number of aromatic nitrogens is 1. The summed E-state index contributed by atoms with van der Waals surface area (Å²) in [5, 5.41) is 3.50. The summed E-state index contributed by atoms with van der Waals surface area (Å²) in [5.41, 5.74) is 1.42. The van der Waals surface area contributed by atoms with E-state index in [1.54, 1.807) is 29.3 Å². The van der Waals surface area contributed by atoms with E-state index < -0.39 is 6.04 Å². The molecule has 1 N–H and O–H groups in total. The van der Waals surface area contributed by atoms with Crippen molar-refractivity contribution in [2.45, 2.75) is 25.8 Å². The average Bonchev–Trinajstić information content (AvgIpc) is 3.06. The number of amides is 2. The molecule has 1 unspecified atom stereocenters. The van der Waals surface area contributed by atoms with Gasteiger partial charge in [-0.1, -0.05) is 23.2 Å². The van der Waals surface area contributed by atoms with Crippen LogP contribution in [0.3, 0.4) is 0 Å². The lowest BCUT2D eigenvalue weighted by atomic mass is 10.1. The first-order chi connectivity index (χ1) is 12.0. The number of likely N-dealkylation sites (tertiary alicyclic amines) is 1. The smallest absolute Gasteiger partial charge is 0.254 e. The highest BCUT2D eigenvalue weighted by molar-refractivity contribution is 6.42. The molecule has 1 aliphatic heterocycles. The molecule has 0 radical (unpaired) electrons. The van der Waals surface area contributed by atoms with Gasteiger partial charge in [0.25, 0.3) is 5.91 Å². The number of rotatable bonds is 3. The van der Waals surface area contributed by atoms with E-state index >= 15 is 0 Å². The van der Waals surface area contributed by atoms with Crippen molar-refractivity contribution in [3.05, 3.63) is 57.7 Å². The molecule has 1 aromatic carbocycles. The lowest BCUT2D eigenvalue weighted by Gasteiger charge is -2.24. The number of benzene rings is 1. The number of nitrogens with zero attached hydrogens (tertiary/aromatic N) is 2. The first-order valence-electron chi connectivity index (χ1n) is 7.95. The van der Waals surface area contributed by atoms with Gasteiger partial charge >= 0.3 is 0 Å². The maximum absolute atomic E-state index is 12.8. The Morgan fingerprint density at radius 3 is 2.72 bits per heavy atom. The SMILES string of the molecule is Cc1ccnc(NC(=O)C2CCCN2C(=O)c2ccc(Cl)c(Cl)c2)c1. The highest BCUT2D eigenvalue weighted by Crippen LogP contribution is 2.26. The van der Waals surface area contributed by atoms with Crippen molar-refractivity contribution in [2.75, 3.05) is 11.9 Å². The first-order valence-corrected chi connectivity index (χ1v) is 8.71. The average molecular weight is 378 g/mol. The summed E-state index contributed by atoms with van der Waals surface area (Å²) in [5.74, 6) is 0.0243. The van der Waals surface area contributed by atoms with E-state index in [1.165, 1.54) is 6.07 Å². The number of nitrogens with one attached hydrogen (secondary N) is 1. The van der Waals surface area contributed by atoms with Crippen molar-refractivity contribution in [2.24, 2.45) is 0 Å². The molecule has 1 atom stereocenters. The normalized spacial score (nSPS) is 16.8. The van der Waals surface area contributed by atoms with E-state index in [1.807, 2.05) is 13.0 Å². The zero-order chi connectivity index (χ0) is 18.0. The fourth-order valence-electron chi connectivity index (χ4n) is 2.89. The lowest BCUT2D eigenvalue weighted by molar-refractivity contribution is -0.119. The van der Waals surface area contributed by atoms with E-state index in [2.05, 4.69) is 10.3 Å². The van der Waals surface area contributed by atoms with Gasteiger partial charge in [0.2, 0.25) is 5.91 Å². The van der Waals surface area contributed by atoms with Crippen LogP contribution in [0.5, 0.6) is 0 Å². The number of carbonyl (C=O) groups is 2. The van der Waals surface area contributed by atoms with Gasteiger partial charge in [0.15, 0.2) is 0 Å². The van der Waals surface area contributed by atoms with E-state index in [4.69, 9.17) is 23.2 Å². The monoisotopic (exact) mass is 377 g/mol. The third-order valence-corrected chi connectivity index (χ3v) is 4.89. The van der Waals surface area contributed by atoms with E-state index in [9.17, 15) is 9.59 Å². The molecule has 0 saturated carbocycles. The summed E-state index contributed by atoms with van der Waals surface area (Å²) in [6.07, 6.45) is 3.02. The van der Waals surface area contributed by atoms with Crippen LogP contribution in [0.15, 0.2) is 36.5 Å². The van der Waals surface area contributed by atoms with Crippen LogP contribution in [0.1, 0.15) is 28.8 Å². The zero-order valence-corrected chi connectivity index (χ0v) is 15.1. The molecule has 0 bridgehead atoms. The Bertz CT molecular complexity index is 826. The second kappa shape index (κ2) is 7.42. The van der Waals surface area contributed by atoms with Gasteiger partial charge < -0.3 is 10.2 Å². The van der Waals surface area contributed by atoms with Gasteiger partial charge in [-0.25, -0.2) is 4.98 Å². The summed E-state index contributed by atoms with van der Waals surface area (Å²) < 4.78 is 0. The van der Waals surface area contributed by atoms with Crippen LogP contribution in [0.2, 0.25) is 10.0 Å². The predicted molar refractivity (Wildman–Crippen MR) is 98.1 cm³/mol. The number of halogens is 2. The van der Waals surface area contributed by atoms with Crippen molar-refractivity contribution < 1.29 is 9.59 Å². The lowest BCUT2D eigenvalue weighted by Crippen LogP contribution is -2.43. The molecule has 1 aromatic heterocycles. The van der Waals surface area contributed by atoms with Crippen LogP contribution >= 0.6 is 23.2 Å². The molecule has 1 saturated heterocycles. The number of pyridine rings is 1. The molecule has 5 nitrogen and oxygen atoms in total. The van der Waals surface area contributed by atoms with Gasteiger partial charge in [-0.3, -0.25) is 9.59 Å². The fourth-order valence-corrected chi connectivity index (χ4v) is 3.19. The number of hydrogen-bond acceptors (Lipinski definition) is 3. The third kappa shape index (κ3) is 3.94. The minimum atomic E-state index is -0.524. The second-order valence-electron chi connectivity index (χ2n) is 5.99. The quantitative estimate of drug-likeness (QED) is 0.880. The topological polar surface area (TPSA) is 62.3 Å². The maximum Gasteiger partial charge on any atom is 0.254 e. The molecule has 3 rings (SSSR count). The van der Waals surface area contributed by atoms with Crippen LogP contribution in [-0.2, 0) is 4.79 Å². The molecule has 0 spiro atoms. The first kappa shape index (κ1) is 17.7.